The van der Waals surface area contributed by atoms with E-state index in [1.165, 1.54) is 0 Å². The Morgan fingerprint density at radius 2 is 2.12 bits per heavy atom. The van der Waals surface area contributed by atoms with E-state index in [1.54, 1.807) is 4.52 Å². The summed E-state index contributed by atoms with van der Waals surface area (Å²) >= 11 is 0. The highest BCUT2D eigenvalue weighted by atomic mass is 16.3. The van der Waals surface area contributed by atoms with Gasteiger partial charge in [-0.1, -0.05) is 19.9 Å². The van der Waals surface area contributed by atoms with Gasteiger partial charge in [0.25, 0.3) is 0 Å². The molecule has 0 aliphatic heterocycles. The Labute approximate surface area is 99.6 Å². The molecule has 0 fully saturated rings. The van der Waals surface area contributed by atoms with Gasteiger partial charge in [0.2, 0.25) is 0 Å². The molecule has 0 aliphatic carbocycles. The molecule has 2 N–H and O–H groups in total. The molecular formula is C11H17N5O. The van der Waals surface area contributed by atoms with Crippen molar-refractivity contribution < 1.29 is 5.11 Å². The van der Waals surface area contributed by atoms with Gasteiger partial charge in [-0.25, -0.2) is 0 Å². The largest absolute Gasteiger partial charge is 0.388 e. The smallest absolute Gasteiger partial charge is 0.181 e. The van der Waals surface area contributed by atoms with Crippen molar-refractivity contribution in [2.24, 2.45) is 0 Å². The van der Waals surface area contributed by atoms with Crippen LogP contribution in [0.2, 0.25) is 0 Å². The third-order valence-electron chi connectivity index (χ3n) is 3.14. The van der Waals surface area contributed by atoms with Gasteiger partial charge in [-0.15, -0.1) is 5.10 Å². The number of aromatic nitrogens is 4. The van der Waals surface area contributed by atoms with Gasteiger partial charge >= 0.3 is 0 Å². The molecule has 0 atom stereocenters. The van der Waals surface area contributed by atoms with Crippen molar-refractivity contribution in [1.29, 1.82) is 0 Å². The second kappa shape index (κ2) is 4.67. The zero-order valence-electron chi connectivity index (χ0n) is 10.1. The number of rotatable bonds is 5. The summed E-state index contributed by atoms with van der Waals surface area (Å²) in [5.74, 6) is 0.785. The van der Waals surface area contributed by atoms with E-state index >= 15 is 0 Å². The summed E-state index contributed by atoms with van der Waals surface area (Å²) in [4.78, 5) is 0. The van der Waals surface area contributed by atoms with Crippen LogP contribution < -0.4 is 5.32 Å². The number of pyridine rings is 1. The minimum atomic E-state index is -0.684. The Morgan fingerprint density at radius 3 is 2.82 bits per heavy atom. The second-order valence-corrected chi connectivity index (χ2v) is 4.14. The Bertz CT molecular complexity index is 491. The molecule has 2 aromatic heterocycles. The maximum Gasteiger partial charge on any atom is 0.181 e. The molecule has 0 saturated heterocycles. The first-order chi connectivity index (χ1) is 8.18. The molecular weight excluding hydrogens is 218 g/mol. The predicted molar refractivity (Wildman–Crippen MR) is 64.8 cm³/mol. The molecule has 0 aliphatic rings. The number of fused-ring (bicyclic) bond motifs is 1. The van der Waals surface area contributed by atoms with E-state index in [1.807, 2.05) is 32.0 Å². The zero-order valence-corrected chi connectivity index (χ0v) is 10.1. The van der Waals surface area contributed by atoms with Crippen LogP contribution >= 0.6 is 0 Å². The summed E-state index contributed by atoms with van der Waals surface area (Å²) in [7, 11) is 0. The lowest BCUT2D eigenvalue weighted by Gasteiger charge is -2.25. The molecule has 0 spiro atoms. The van der Waals surface area contributed by atoms with Crippen LogP contribution in [0.1, 0.15) is 26.7 Å². The first kappa shape index (κ1) is 11.8. The van der Waals surface area contributed by atoms with Gasteiger partial charge < -0.3 is 10.4 Å². The van der Waals surface area contributed by atoms with Crippen molar-refractivity contribution >= 4 is 11.5 Å². The van der Waals surface area contributed by atoms with Gasteiger partial charge in [0.15, 0.2) is 5.65 Å². The highest BCUT2D eigenvalue weighted by Crippen LogP contribution is 2.16. The monoisotopic (exact) mass is 235 g/mol. The first-order valence-corrected chi connectivity index (χ1v) is 5.82. The minimum Gasteiger partial charge on any atom is -0.388 e. The SMILES string of the molecule is CCC(O)(CC)CNc1cccc2nnnn12. The molecule has 0 amide bonds. The summed E-state index contributed by atoms with van der Waals surface area (Å²) in [5, 5.41) is 24.7. The highest BCUT2D eigenvalue weighted by molar-refractivity contribution is 5.47. The molecule has 17 heavy (non-hydrogen) atoms. The normalized spacial score (nSPS) is 11.9. The molecule has 2 heterocycles. The van der Waals surface area contributed by atoms with E-state index in [2.05, 4.69) is 20.8 Å². The van der Waals surface area contributed by atoms with Crippen molar-refractivity contribution in [2.45, 2.75) is 32.3 Å². The summed E-state index contributed by atoms with van der Waals surface area (Å²) < 4.78 is 1.62. The van der Waals surface area contributed by atoms with Gasteiger partial charge in [-0.3, -0.25) is 0 Å². The molecule has 6 heteroatoms. The van der Waals surface area contributed by atoms with E-state index < -0.39 is 5.60 Å². The first-order valence-electron chi connectivity index (χ1n) is 5.82. The zero-order chi connectivity index (χ0) is 12.3. The maximum absolute atomic E-state index is 10.2. The van der Waals surface area contributed by atoms with Gasteiger partial charge in [0.1, 0.15) is 5.82 Å². The quantitative estimate of drug-likeness (QED) is 0.811. The number of hydrogen-bond acceptors (Lipinski definition) is 5. The van der Waals surface area contributed by atoms with Crippen LogP contribution in [-0.2, 0) is 0 Å². The lowest BCUT2D eigenvalue weighted by Crippen LogP contribution is -2.35. The average Bonchev–Trinajstić information content (AvgIpc) is 2.84. The third kappa shape index (κ3) is 2.36. The summed E-state index contributed by atoms with van der Waals surface area (Å²) in [6.07, 6.45) is 1.42. The van der Waals surface area contributed by atoms with Crippen LogP contribution in [0.15, 0.2) is 18.2 Å². The summed E-state index contributed by atoms with van der Waals surface area (Å²) in [6.45, 7) is 4.44. The van der Waals surface area contributed by atoms with Gasteiger partial charge in [-0.05, 0) is 35.4 Å². The standard InChI is InChI=1S/C11H17N5O/c1-3-11(17,4-2)8-12-9-6-5-7-10-13-14-15-16(9)10/h5-7,12,17H,3-4,8H2,1-2H3. The molecule has 0 unspecified atom stereocenters. The Morgan fingerprint density at radius 1 is 1.35 bits per heavy atom. The molecule has 0 radical (unpaired) electrons. The van der Waals surface area contributed by atoms with Crippen molar-refractivity contribution in [3.63, 3.8) is 0 Å². The van der Waals surface area contributed by atoms with E-state index in [4.69, 9.17) is 0 Å². The van der Waals surface area contributed by atoms with Crippen LogP contribution in [0.25, 0.3) is 5.65 Å². The topological polar surface area (TPSA) is 75.3 Å². The van der Waals surface area contributed by atoms with Gasteiger partial charge in [0.05, 0.1) is 5.60 Å². The van der Waals surface area contributed by atoms with Crippen molar-refractivity contribution in [1.82, 2.24) is 20.0 Å². The number of hydrogen-bond donors (Lipinski definition) is 2. The van der Waals surface area contributed by atoms with Gasteiger partial charge in [-0.2, -0.15) is 4.52 Å². The number of nitrogens with zero attached hydrogens (tertiary/aromatic N) is 4. The van der Waals surface area contributed by atoms with Crippen LogP contribution in [0, 0.1) is 0 Å². The van der Waals surface area contributed by atoms with E-state index in [-0.39, 0.29) is 0 Å². The second-order valence-electron chi connectivity index (χ2n) is 4.14. The summed E-state index contributed by atoms with van der Waals surface area (Å²) in [6, 6.07) is 5.59. The molecule has 0 saturated carbocycles. The molecule has 0 aromatic carbocycles. The number of tetrazole rings is 1. The average molecular weight is 235 g/mol. The number of aliphatic hydroxyl groups is 1. The van der Waals surface area contributed by atoms with E-state index in [0.29, 0.717) is 25.0 Å². The molecule has 0 bridgehead atoms. The molecule has 6 nitrogen and oxygen atoms in total. The van der Waals surface area contributed by atoms with E-state index in [9.17, 15) is 5.11 Å². The van der Waals surface area contributed by atoms with Crippen LogP contribution in [0.3, 0.4) is 0 Å². The number of nitrogens with one attached hydrogen (secondary N) is 1. The Balaban J connectivity index is 2.16. The van der Waals surface area contributed by atoms with Crippen LogP contribution in [-0.4, -0.2) is 37.3 Å². The number of anilines is 1. The van der Waals surface area contributed by atoms with Crippen molar-refractivity contribution in [3.8, 4) is 0 Å². The Hall–Kier alpha value is -1.69. The molecule has 2 rings (SSSR count). The van der Waals surface area contributed by atoms with Crippen molar-refractivity contribution in [2.75, 3.05) is 11.9 Å². The van der Waals surface area contributed by atoms with Gasteiger partial charge in [0, 0.05) is 6.54 Å². The highest BCUT2D eigenvalue weighted by Gasteiger charge is 2.22. The Kier molecular flexibility index (Phi) is 3.23. The van der Waals surface area contributed by atoms with Crippen molar-refractivity contribution in [3.05, 3.63) is 18.2 Å². The fourth-order valence-corrected chi connectivity index (χ4v) is 1.65. The molecule has 92 valence electrons. The lowest BCUT2D eigenvalue weighted by molar-refractivity contribution is 0.0456. The fraction of sp³-hybridized carbons (Fsp3) is 0.545. The van der Waals surface area contributed by atoms with Crippen LogP contribution in [0.4, 0.5) is 5.82 Å². The third-order valence-corrected chi connectivity index (χ3v) is 3.14. The maximum atomic E-state index is 10.2. The van der Waals surface area contributed by atoms with Crippen LogP contribution in [0.5, 0.6) is 0 Å². The predicted octanol–water partition coefficient (Wildman–Crippen LogP) is 1.09. The van der Waals surface area contributed by atoms with E-state index in [0.717, 1.165) is 5.82 Å². The summed E-state index contributed by atoms with van der Waals surface area (Å²) in [5.41, 5.74) is 0.00226. The lowest BCUT2D eigenvalue weighted by atomic mass is 9.98. The molecule has 2 aromatic rings. The fourth-order valence-electron chi connectivity index (χ4n) is 1.65. The minimum absolute atomic E-state index is 0.485.